The Morgan fingerprint density at radius 2 is 1.13 bits per heavy atom. The van der Waals surface area contributed by atoms with E-state index in [2.05, 4.69) is 10.2 Å². The summed E-state index contributed by atoms with van der Waals surface area (Å²) in [5.41, 5.74) is -2.98. The van der Waals surface area contributed by atoms with E-state index >= 15 is 0 Å². The third-order valence-corrected chi connectivity index (χ3v) is 2.81. The lowest BCUT2D eigenvalue weighted by Crippen LogP contribution is -2.58. The fourth-order valence-electron chi connectivity index (χ4n) is 1.85. The predicted molar refractivity (Wildman–Crippen MR) is 110 cm³/mol. The maximum Gasteiger partial charge on any atom is 0.439 e. The van der Waals surface area contributed by atoms with Crippen molar-refractivity contribution >= 4 is 24.2 Å². The minimum Gasteiger partial charge on any atom is -0.442 e. The van der Waals surface area contributed by atoms with Crippen molar-refractivity contribution in [2.45, 2.75) is 79.1 Å². The molecule has 0 bridgehead atoms. The van der Waals surface area contributed by atoms with E-state index in [1.54, 1.807) is 62.3 Å². The van der Waals surface area contributed by atoms with E-state index in [0.29, 0.717) is 10.0 Å². The molecule has 0 aliphatic rings. The number of hydrogen-bond acceptors (Lipinski definition) is 9. The molecular formula is C19H36N4O8. The van der Waals surface area contributed by atoms with Crippen molar-refractivity contribution in [2.24, 2.45) is 5.90 Å². The van der Waals surface area contributed by atoms with Gasteiger partial charge in [-0.2, -0.15) is 5.01 Å². The summed E-state index contributed by atoms with van der Waals surface area (Å²) in [6, 6.07) is 0. The molecule has 0 fully saturated rings. The summed E-state index contributed by atoms with van der Waals surface area (Å²) >= 11 is 0. The van der Waals surface area contributed by atoms with Gasteiger partial charge in [0.05, 0.1) is 6.61 Å². The zero-order chi connectivity index (χ0) is 24.6. The molecule has 0 atom stereocenters. The molecule has 0 saturated carbocycles. The molecule has 0 aromatic rings. The molecular weight excluding hydrogens is 412 g/mol. The van der Waals surface area contributed by atoms with Crippen molar-refractivity contribution < 1.29 is 38.2 Å². The third-order valence-electron chi connectivity index (χ3n) is 2.81. The minimum absolute atomic E-state index is 0.0139. The van der Waals surface area contributed by atoms with E-state index < -0.39 is 47.5 Å². The first-order valence-corrected chi connectivity index (χ1v) is 9.71. The summed E-state index contributed by atoms with van der Waals surface area (Å²) in [6.07, 6.45) is -3.56. The molecule has 0 spiro atoms. The topological polar surface area (TPSA) is 150 Å². The van der Waals surface area contributed by atoms with Crippen LogP contribution < -0.4 is 11.2 Å². The molecule has 0 unspecified atom stereocenters. The van der Waals surface area contributed by atoms with E-state index in [1.807, 2.05) is 0 Å². The molecule has 0 heterocycles. The lowest BCUT2D eigenvalue weighted by Gasteiger charge is -2.35. The molecule has 4 amide bonds. The van der Waals surface area contributed by atoms with Crippen LogP contribution in [0.3, 0.4) is 0 Å². The quantitative estimate of drug-likeness (QED) is 0.367. The highest BCUT2D eigenvalue weighted by atomic mass is 16.6. The fraction of sp³-hybridized carbons (Fsp3) is 0.789. The second kappa shape index (κ2) is 11.1. The van der Waals surface area contributed by atoms with Crippen molar-refractivity contribution in [2.75, 3.05) is 19.7 Å². The van der Waals surface area contributed by atoms with E-state index in [4.69, 9.17) is 20.1 Å². The molecule has 12 heteroatoms. The number of nitrogens with two attached hydrogens (primary N) is 1. The lowest BCUT2D eigenvalue weighted by molar-refractivity contribution is -0.126. The number of ether oxygens (including phenoxy) is 3. The van der Waals surface area contributed by atoms with Crippen LogP contribution in [0.4, 0.5) is 14.4 Å². The number of rotatable bonds is 5. The van der Waals surface area contributed by atoms with Gasteiger partial charge in [-0.1, -0.05) is 0 Å². The van der Waals surface area contributed by atoms with Crippen molar-refractivity contribution in [3.8, 4) is 0 Å². The van der Waals surface area contributed by atoms with Gasteiger partial charge >= 0.3 is 18.3 Å². The first-order chi connectivity index (χ1) is 13.9. The highest BCUT2D eigenvalue weighted by Gasteiger charge is 2.41. The van der Waals surface area contributed by atoms with Crippen LogP contribution >= 0.6 is 0 Å². The first kappa shape index (κ1) is 28.4. The van der Waals surface area contributed by atoms with Gasteiger partial charge in [0.25, 0.3) is 0 Å². The van der Waals surface area contributed by atoms with Gasteiger partial charge < -0.3 is 24.4 Å². The molecule has 0 rings (SSSR count). The standard InChI is InChI=1S/C19H36N4O8/c1-17(2,3)29-14(25)22(12-13(24)21-10-11-28-20)23(15(26)30-18(4,5)6)16(27)31-19(7,8)9/h10-12,20H2,1-9H3,(H,21,24). The van der Waals surface area contributed by atoms with Crippen LogP contribution in [-0.4, -0.2) is 70.7 Å². The molecule has 180 valence electrons. The Morgan fingerprint density at radius 3 is 1.48 bits per heavy atom. The van der Waals surface area contributed by atoms with Gasteiger partial charge in [0.15, 0.2) is 0 Å². The van der Waals surface area contributed by atoms with Gasteiger partial charge in [-0.25, -0.2) is 20.3 Å². The largest absolute Gasteiger partial charge is 0.442 e. The van der Waals surface area contributed by atoms with Crippen LogP contribution in [0.1, 0.15) is 62.3 Å². The zero-order valence-electron chi connectivity index (χ0n) is 19.9. The molecule has 0 aliphatic heterocycles. The van der Waals surface area contributed by atoms with Gasteiger partial charge in [-0.05, 0) is 62.3 Å². The highest BCUT2D eigenvalue weighted by Crippen LogP contribution is 2.19. The molecule has 0 aliphatic carbocycles. The number of carbonyl (C=O) groups excluding carboxylic acids is 4. The zero-order valence-corrected chi connectivity index (χ0v) is 19.9. The maximum absolute atomic E-state index is 12.8. The average molecular weight is 449 g/mol. The molecule has 31 heavy (non-hydrogen) atoms. The molecule has 3 N–H and O–H groups in total. The van der Waals surface area contributed by atoms with Crippen molar-refractivity contribution in [3.05, 3.63) is 0 Å². The summed E-state index contributed by atoms with van der Waals surface area (Å²) in [4.78, 5) is 55.2. The maximum atomic E-state index is 12.8. The number of hydrazine groups is 1. The first-order valence-electron chi connectivity index (χ1n) is 9.71. The smallest absolute Gasteiger partial charge is 0.439 e. The molecule has 0 radical (unpaired) electrons. The number of hydrogen-bond donors (Lipinski definition) is 2. The summed E-state index contributed by atoms with van der Waals surface area (Å²) in [5, 5.41) is 3.27. The summed E-state index contributed by atoms with van der Waals surface area (Å²) in [7, 11) is 0. The molecule has 12 nitrogen and oxygen atoms in total. The van der Waals surface area contributed by atoms with Gasteiger partial charge in [-0.15, -0.1) is 5.01 Å². The van der Waals surface area contributed by atoms with Crippen molar-refractivity contribution in [1.29, 1.82) is 0 Å². The summed E-state index contributed by atoms with van der Waals surface area (Å²) < 4.78 is 15.8. The normalized spacial score (nSPS) is 11.9. The summed E-state index contributed by atoms with van der Waals surface area (Å²) in [5.74, 6) is 4.20. The monoisotopic (exact) mass is 448 g/mol. The highest BCUT2D eigenvalue weighted by molar-refractivity contribution is 5.92. The Labute approximate surface area is 183 Å². The van der Waals surface area contributed by atoms with Crippen molar-refractivity contribution in [1.82, 2.24) is 15.3 Å². The number of carbonyl (C=O) groups is 4. The second-order valence-electron chi connectivity index (χ2n) is 9.53. The van der Waals surface area contributed by atoms with E-state index in [1.165, 1.54) is 0 Å². The van der Waals surface area contributed by atoms with Gasteiger partial charge in [0.1, 0.15) is 23.3 Å². The van der Waals surface area contributed by atoms with Crippen LogP contribution in [0, 0.1) is 0 Å². The number of nitrogens with one attached hydrogen (secondary N) is 1. The Balaban J connectivity index is 6.07. The SMILES string of the molecule is CC(C)(C)OC(=O)N(CC(=O)NCCON)N(C(=O)OC(C)(C)C)C(=O)OC(C)(C)C. The number of amides is 4. The lowest BCUT2D eigenvalue weighted by atomic mass is 10.2. The van der Waals surface area contributed by atoms with Gasteiger partial charge in [0.2, 0.25) is 5.91 Å². The van der Waals surface area contributed by atoms with Crippen molar-refractivity contribution in [3.63, 3.8) is 0 Å². The Kier molecular flexibility index (Phi) is 10.2. The van der Waals surface area contributed by atoms with Gasteiger partial charge in [-0.3, -0.25) is 4.79 Å². The van der Waals surface area contributed by atoms with E-state index in [-0.39, 0.29) is 13.2 Å². The molecule has 0 aromatic carbocycles. The predicted octanol–water partition coefficient (Wildman–Crippen LogP) is 2.32. The minimum atomic E-state index is -1.22. The molecule has 0 aromatic heterocycles. The number of nitrogens with zero attached hydrogens (tertiary/aromatic N) is 2. The van der Waals surface area contributed by atoms with Crippen LogP contribution in [0.25, 0.3) is 0 Å². The van der Waals surface area contributed by atoms with E-state index in [9.17, 15) is 19.2 Å². The van der Waals surface area contributed by atoms with Crippen LogP contribution in [0.15, 0.2) is 0 Å². The van der Waals surface area contributed by atoms with Crippen LogP contribution in [-0.2, 0) is 23.8 Å². The van der Waals surface area contributed by atoms with E-state index in [0.717, 1.165) is 0 Å². The van der Waals surface area contributed by atoms with Crippen LogP contribution in [0.2, 0.25) is 0 Å². The Hall–Kier alpha value is -2.60. The second-order valence-corrected chi connectivity index (χ2v) is 9.53. The Bertz CT molecular complexity index is 619. The summed E-state index contributed by atoms with van der Waals surface area (Å²) in [6.45, 7) is 13.6. The average Bonchev–Trinajstić information content (AvgIpc) is 2.49. The Morgan fingerprint density at radius 1 is 0.742 bits per heavy atom. The third kappa shape index (κ3) is 12.6. The number of imide groups is 1. The van der Waals surface area contributed by atoms with Gasteiger partial charge in [0, 0.05) is 6.54 Å². The fourth-order valence-corrected chi connectivity index (χ4v) is 1.85. The molecule has 0 saturated heterocycles. The van der Waals surface area contributed by atoms with Crippen LogP contribution in [0.5, 0.6) is 0 Å².